The Bertz CT molecular complexity index is 885. The highest BCUT2D eigenvalue weighted by Crippen LogP contribution is 2.25. The largest absolute Gasteiger partial charge is 0.483 e. The molecule has 1 saturated heterocycles. The highest BCUT2D eigenvalue weighted by molar-refractivity contribution is 7.99. The number of aromatic nitrogens is 2. The predicted molar refractivity (Wildman–Crippen MR) is 95.8 cm³/mol. The maximum absolute atomic E-state index is 12.4. The second-order valence-corrected chi connectivity index (χ2v) is 6.90. The van der Waals surface area contributed by atoms with Crippen LogP contribution >= 0.6 is 11.8 Å². The SMILES string of the molecule is O=C(c1coc(COc2cccc3cnccc23)n1)N1CCSCC1. The zero-order valence-electron chi connectivity index (χ0n) is 13.6. The van der Waals surface area contributed by atoms with Crippen LogP contribution in [0, 0.1) is 0 Å². The van der Waals surface area contributed by atoms with E-state index in [-0.39, 0.29) is 12.5 Å². The molecule has 0 N–H and O–H groups in total. The summed E-state index contributed by atoms with van der Waals surface area (Å²) < 4.78 is 11.2. The molecular formula is C18H17N3O3S. The Labute approximate surface area is 149 Å². The molecule has 1 fully saturated rings. The summed E-state index contributed by atoms with van der Waals surface area (Å²) in [6.45, 7) is 1.68. The minimum Gasteiger partial charge on any atom is -0.483 e. The third kappa shape index (κ3) is 3.46. The molecule has 0 spiro atoms. The third-order valence-electron chi connectivity index (χ3n) is 4.06. The molecule has 128 valence electrons. The first kappa shape index (κ1) is 16.0. The van der Waals surface area contributed by atoms with E-state index in [1.54, 1.807) is 12.4 Å². The van der Waals surface area contributed by atoms with Gasteiger partial charge in [0.2, 0.25) is 5.89 Å². The molecule has 0 aliphatic carbocycles. The van der Waals surface area contributed by atoms with Gasteiger partial charge in [0.05, 0.1) is 0 Å². The summed E-state index contributed by atoms with van der Waals surface area (Å²) in [6.07, 6.45) is 4.94. The standard InChI is InChI=1S/C18H17N3O3S/c22-18(21-6-8-25-9-7-21)15-11-24-17(20-15)12-23-16-3-1-2-13-10-19-5-4-14(13)16/h1-5,10-11H,6-9,12H2. The summed E-state index contributed by atoms with van der Waals surface area (Å²) in [4.78, 5) is 22.6. The number of benzene rings is 1. The van der Waals surface area contributed by atoms with Crippen molar-refractivity contribution in [1.29, 1.82) is 0 Å². The van der Waals surface area contributed by atoms with E-state index in [1.807, 2.05) is 40.9 Å². The predicted octanol–water partition coefficient (Wildman–Crippen LogP) is 2.99. The molecule has 3 heterocycles. The lowest BCUT2D eigenvalue weighted by Gasteiger charge is -2.25. The molecule has 25 heavy (non-hydrogen) atoms. The fourth-order valence-corrected chi connectivity index (χ4v) is 3.67. The Morgan fingerprint density at radius 3 is 3.04 bits per heavy atom. The maximum atomic E-state index is 12.4. The van der Waals surface area contributed by atoms with Crippen LogP contribution < -0.4 is 4.74 Å². The number of ether oxygens (including phenoxy) is 1. The molecule has 0 unspecified atom stereocenters. The van der Waals surface area contributed by atoms with Crippen LogP contribution in [0.2, 0.25) is 0 Å². The first-order valence-electron chi connectivity index (χ1n) is 8.08. The number of hydrogen-bond acceptors (Lipinski definition) is 6. The lowest BCUT2D eigenvalue weighted by atomic mass is 10.1. The van der Waals surface area contributed by atoms with Gasteiger partial charge in [-0.15, -0.1) is 0 Å². The molecule has 0 bridgehead atoms. The van der Waals surface area contributed by atoms with Gasteiger partial charge in [0, 0.05) is 47.8 Å². The van der Waals surface area contributed by atoms with E-state index >= 15 is 0 Å². The van der Waals surface area contributed by atoms with Gasteiger partial charge in [-0.2, -0.15) is 11.8 Å². The Morgan fingerprint density at radius 2 is 2.16 bits per heavy atom. The Hall–Kier alpha value is -2.54. The summed E-state index contributed by atoms with van der Waals surface area (Å²) in [5.41, 5.74) is 0.340. The Kier molecular flexibility index (Phi) is 4.56. The number of pyridine rings is 1. The van der Waals surface area contributed by atoms with Gasteiger partial charge in [0.15, 0.2) is 12.3 Å². The lowest BCUT2D eigenvalue weighted by molar-refractivity contribution is 0.0766. The monoisotopic (exact) mass is 355 g/mol. The van der Waals surface area contributed by atoms with Crippen molar-refractivity contribution in [3.63, 3.8) is 0 Å². The van der Waals surface area contributed by atoms with Crippen LogP contribution in [0.4, 0.5) is 0 Å². The van der Waals surface area contributed by atoms with Crippen molar-refractivity contribution in [1.82, 2.24) is 14.9 Å². The van der Waals surface area contributed by atoms with Gasteiger partial charge in [0.25, 0.3) is 5.91 Å². The first-order chi connectivity index (χ1) is 12.3. The van der Waals surface area contributed by atoms with Crippen LogP contribution in [0.1, 0.15) is 16.4 Å². The maximum Gasteiger partial charge on any atom is 0.275 e. The van der Waals surface area contributed by atoms with Crippen molar-refractivity contribution in [3.05, 3.63) is 54.5 Å². The average Bonchev–Trinajstić information content (AvgIpc) is 3.15. The van der Waals surface area contributed by atoms with Crippen LogP contribution in [0.3, 0.4) is 0 Å². The Balaban J connectivity index is 1.45. The molecule has 2 aromatic heterocycles. The number of amides is 1. The normalized spacial score (nSPS) is 14.6. The number of carbonyl (C=O) groups excluding carboxylic acids is 1. The molecule has 6 nitrogen and oxygen atoms in total. The number of thioether (sulfide) groups is 1. The second-order valence-electron chi connectivity index (χ2n) is 5.67. The van der Waals surface area contributed by atoms with Crippen molar-refractivity contribution in [3.8, 4) is 5.75 Å². The van der Waals surface area contributed by atoms with Crippen molar-refractivity contribution < 1.29 is 13.9 Å². The van der Waals surface area contributed by atoms with Crippen molar-refractivity contribution >= 4 is 28.4 Å². The van der Waals surface area contributed by atoms with Crippen LogP contribution in [-0.2, 0) is 6.61 Å². The number of rotatable bonds is 4. The zero-order valence-corrected chi connectivity index (χ0v) is 14.4. The molecule has 7 heteroatoms. The summed E-state index contributed by atoms with van der Waals surface area (Å²) in [5.74, 6) is 2.98. The number of hydrogen-bond donors (Lipinski definition) is 0. The smallest absolute Gasteiger partial charge is 0.275 e. The van der Waals surface area contributed by atoms with Gasteiger partial charge in [-0.05, 0) is 12.1 Å². The fraction of sp³-hybridized carbons (Fsp3) is 0.278. The van der Waals surface area contributed by atoms with Crippen LogP contribution in [0.25, 0.3) is 10.8 Å². The third-order valence-corrected chi connectivity index (χ3v) is 5.00. The van der Waals surface area contributed by atoms with Gasteiger partial charge in [-0.25, -0.2) is 4.98 Å². The molecule has 0 atom stereocenters. The number of carbonyl (C=O) groups is 1. The molecule has 1 aliphatic heterocycles. The molecule has 0 saturated carbocycles. The number of nitrogens with zero attached hydrogens (tertiary/aromatic N) is 3. The topological polar surface area (TPSA) is 68.5 Å². The summed E-state index contributed by atoms with van der Waals surface area (Å²) in [5, 5.41) is 1.98. The molecule has 1 aliphatic rings. The van der Waals surface area contributed by atoms with E-state index in [4.69, 9.17) is 9.15 Å². The zero-order chi connectivity index (χ0) is 17.1. The van der Waals surface area contributed by atoms with Crippen molar-refractivity contribution in [2.75, 3.05) is 24.6 Å². The average molecular weight is 355 g/mol. The molecular weight excluding hydrogens is 338 g/mol. The quantitative estimate of drug-likeness (QED) is 0.717. The minimum atomic E-state index is -0.0773. The van der Waals surface area contributed by atoms with E-state index in [9.17, 15) is 4.79 Å². The van der Waals surface area contributed by atoms with E-state index in [0.717, 1.165) is 41.1 Å². The molecule has 4 rings (SSSR count). The highest BCUT2D eigenvalue weighted by atomic mass is 32.2. The van der Waals surface area contributed by atoms with Crippen molar-refractivity contribution in [2.45, 2.75) is 6.61 Å². The minimum absolute atomic E-state index is 0.0773. The van der Waals surface area contributed by atoms with E-state index in [0.29, 0.717) is 11.6 Å². The first-order valence-corrected chi connectivity index (χ1v) is 9.24. The van der Waals surface area contributed by atoms with Crippen LogP contribution in [0.15, 0.2) is 47.3 Å². The number of oxazole rings is 1. The lowest BCUT2D eigenvalue weighted by Crippen LogP contribution is -2.38. The van der Waals surface area contributed by atoms with Gasteiger partial charge in [0.1, 0.15) is 12.0 Å². The molecule has 0 radical (unpaired) electrons. The van der Waals surface area contributed by atoms with Gasteiger partial charge in [-0.1, -0.05) is 12.1 Å². The van der Waals surface area contributed by atoms with Gasteiger partial charge >= 0.3 is 0 Å². The highest BCUT2D eigenvalue weighted by Gasteiger charge is 2.21. The molecule has 3 aromatic rings. The Morgan fingerprint density at radius 1 is 1.28 bits per heavy atom. The number of fused-ring (bicyclic) bond motifs is 1. The second kappa shape index (κ2) is 7.14. The van der Waals surface area contributed by atoms with E-state index in [1.165, 1.54) is 6.26 Å². The summed E-state index contributed by atoms with van der Waals surface area (Å²) >= 11 is 1.86. The fourth-order valence-electron chi connectivity index (χ4n) is 2.76. The molecule has 1 aromatic carbocycles. The van der Waals surface area contributed by atoms with E-state index < -0.39 is 0 Å². The summed E-state index contributed by atoms with van der Waals surface area (Å²) in [6, 6.07) is 7.69. The summed E-state index contributed by atoms with van der Waals surface area (Å²) in [7, 11) is 0. The van der Waals surface area contributed by atoms with Crippen molar-refractivity contribution in [2.24, 2.45) is 0 Å². The van der Waals surface area contributed by atoms with Crippen LogP contribution in [0.5, 0.6) is 5.75 Å². The van der Waals surface area contributed by atoms with E-state index in [2.05, 4.69) is 9.97 Å². The van der Waals surface area contributed by atoms with Gasteiger partial charge in [-0.3, -0.25) is 9.78 Å². The molecule has 1 amide bonds. The van der Waals surface area contributed by atoms with Gasteiger partial charge < -0.3 is 14.1 Å². The van der Waals surface area contributed by atoms with Crippen LogP contribution in [-0.4, -0.2) is 45.4 Å².